The first-order chi connectivity index (χ1) is 13.1. The van der Waals surface area contributed by atoms with Crippen molar-refractivity contribution in [1.82, 2.24) is 9.55 Å². The number of hydrogen-bond donors (Lipinski definition) is 1. The van der Waals surface area contributed by atoms with Crippen LogP contribution in [0.4, 0.5) is 10.1 Å². The van der Waals surface area contributed by atoms with E-state index in [9.17, 15) is 14.0 Å². The van der Waals surface area contributed by atoms with Crippen molar-refractivity contribution in [2.45, 2.75) is 6.54 Å². The highest BCUT2D eigenvalue weighted by Crippen LogP contribution is 2.30. The van der Waals surface area contributed by atoms with Gasteiger partial charge in [-0.3, -0.25) is 14.2 Å². The summed E-state index contributed by atoms with van der Waals surface area (Å²) in [5.41, 5.74) is 2.26. The number of nitrogens with zero attached hydrogens (tertiary/aromatic N) is 2. The lowest BCUT2D eigenvalue weighted by Gasteiger charge is -2.08. The van der Waals surface area contributed by atoms with Crippen LogP contribution in [-0.2, 0) is 11.3 Å². The van der Waals surface area contributed by atoms with Gasteiger partial charge in [0.25, 0.3) is 5.56 Å². The number of anilines is 1. The quantitative estimate of drug-likeness (QED) is 0.585. The minimum atomic E-state index is -0.530. The van der Waals surface area contributed by atoms with Crippen molar-refractivity contribution in [3.8, 4) is 11.1 Å². The van der Waals surface area contributed by atoms with Crippen molar-refractivity contribution in [2.24, 2.45) is 0 Å². The predicted molar refractivity (Wildman–Crippen MR) is 104 cm³/mol. The van der Waals surface area contributed by atoms with Crippen LogP contribution in [0, 0.1) is 5.82 Å². The van der Waals surface area contributed by atoms with Gasteiger partial charge in [-0.2, -0.15) is 0 Å². The highest BCUT2D eigenvalue weighted by atomic mass is 32.1. The van der Waals surface area contributed by atoms with Gasteiger partial charge in [0, 0.05) is 10.9 Å². The molecule has 2 aromatic heterocycles. The van der Waals surface area contributed by atoms with Gasteiger partial charge in [0.15, 0.2) is 0 Å². The Kier molecular flexibility index (Phi) is 4.52. The van der Waals surface area contributed by atoms with Gasteiger partial charge in [-0.25, -0.2) is 9.37 Å². The van der Waals surface area contributed by atoms with Gasteiger partial charge in [0.2, 0.25) is 5.91 Å². The Morgan fingerprint density at radius 3 is 2.63 bits per heavy atom. The van der Waals surface area contributed by atoms with E-state index >= 15 is 0 Å². The Balaban J connectivity index is 1.62. The lowest BCUT2D eigenvalue weighted by Crippen LogP contribution is -2.27. The summed E-state index contributed by atoms with van der Waals surface area (Å²) in [6.07, 6.45) is 1.35. The Hall–Kier alpha value is -3.32. The Morgan fingerprint density at radius 2 is 1.85 bits per heavy atom. The average molecular weight is 379 g/mol. The molecule has 0 saturated heterocycles. The van der Waals surface area contributed by atoms with Crippen LogP contribution in [0.2, 0.25) is 0 Å². The first-order valence-electron chi connectivity index (χ1n) is 8.20. The second-order valence-electron chi connectivity index (χ2n) is 5.90. The zero-order chi connectivity index (χ0) is 18.8. The van der Waals surface area contributed by atoms with E-state index in [0.29, 0.717) is 10.2 Å². The topological polar surface area (TPSA) is 64.0 Å². The summed E-state index contributed by atoms with van der Waals surface area (Å²) < 4.78 is 15.4. The van der Waals surface area contributed by atoms with Gasteiger partial charge in [0.1, 0.15) is 17.1 Å². The van der Waals surface area contributed by atoms with Crippen LogP contribution in [0.15, 0.2) is 71.1 Å². The second-order valence-corrected chi connectivity index (χ2v) is 6.78. The Bertz CT molecular complexity index is 1180. The van der Waals surface area contributed by atoms with Gasteiger partial charge in [-0.1, -0.05) is 42.5 Å². The summed E-state index contributed by atoms with van der Waals surface area (Å²) in [5.74, 6) is -1.03. The molecule has 1 amide bonds. The van der Waals surface area contributed by atoms with Crippen molar-refractivity contribution < 1.29 is 9.18 Å². The fourth-order valence-corrected chi connectivity index (χ4v) is 3.76. The number of halogens is 1. The molecule has 134 valence electrons. The summed E-state index contributed by atoms with van der Waals surface area (Å²) >= 11 is 1.30. The minimum absolute atomic E-state index is 0.0760. The number of fused-ring (bicyclic) bond motifs is 1. The third-order valence-electron chi connectivity index (χ3n) is 4.09. The maximum absolute atomic E-state index is 13.6. The molecule has 4 aromatic rings. The fraction of sp³-hybridized carbons (Fsp3) is 0.0500. The molecule has 2 heterocycles. The number of hydrogen-bond acceptors (Lipinski definition) is 4. The zero-order valence-electron chi connectivity index (χ0n) is 14.1. The van der Waals surface area contributed by atoms with Crippen molar-refractivity contribution >= 4 is 33.1 Å². The maximum atomic E-state index is 13.6. The molecule has 27 heavy (non-hydrogen) atoms. The van der Waals surface area contributed by atoms with Crippen molar-refractivity contribution in [1.29, 1.82) is 0 Å². The molecule has 2 aromatic carbocycles. The van der Waals surface area contributed by atoms with Gasteiger partial charge >= 0.3 is 0 Å². The summed E-state index contributed by atoms with van der Waals surface area (Å²) in [6.45, 7) is -0.241. The highest BCUT2D eigenvalue weighted by molar-refractivity contribution is 7.17. The van der Waals surface area contributed by atoms with E-state index in [-0.39, 0.29) is 17.8 Å². The van der Waals surface area contributed by atoms with Crippen LogP contribution in [-0.4, -0.2) is 15.5 Å². The molecule has 7 heteroatoms. The normalized spacial score (nSPS) is 10.9. The van der Waals surface area contributed by atoms with Gasteiger partial charge in [0.05, 0.1) is 17.5 Å². The number of rotatable bonds is 4. The number of carbonyl (C=O) groups excluding carboxylic acids is 1. The molecule has 0 saturated carbocycles. The van der Waals surface area contributed by atoms with E-state index in [2.05, 4.69) is 10.3 Å². The minimum Gasteiger partial charge on any atom is -0.322 e. The van der Waals surface area contributed by atoms with Crippen LogP contribution in [0.3, 0.4) is 0 Å². The average Bonchev–Trinajstić information content (AvgIpc) is 3.11. The van der Waals surface area contributed by atoms with Gasteiger partial charge < -0.3 is 5.32 Å². The predicted octanol–water partition coefficient (Wildman–Crippen LogP) is 3.90. The van der Waals surface area contributed by atoms with Crippen LogP contribution in [0.1, 0.15) is 0 Å². The van der Waals surface area contributed by atoms with E-state index in [1.807, 2.05) is 35.7 Å². The Morgan fingerprint density at radius 1 is 1.11 bits per heavy atom. The number of nitrogens with one attached hydrogen (secondary N) is 1. The molecular weight excluding hydrogens is 365 g/mol. The number of carbonyl (C=O) groups is 1. The standard InChI is InChI=1S/C20H14FN3O2S/c21-15-8-4-5-9-16(15)23-17(25)10-24-12-22-18-14(11-27-19(18)20(24)26)13-6-2-1-3-7-13/h1-9,11-12H,10H2,(H,23,25). The molecule has 0 spiro atoms. The van der Waals surface area contributed by atoms with Crippen molar-refractivity contribution in [3.05, 3.63) is 82.5 Å². The van der Waals surface area contributed by atoms with E-state index in [0.717, 1.165) is 11.1 Å². The fourth-order valence-electron chi connectivity index (χ4n) is 2.78. The van der Waals surface area contributed by atoms with Gasteiger partial charge in [-0.05, 0) is 17.7 Å². The first kappa shape index (κ1) is 17.1. The molecule has 0 aliphatic heterocycles. The van der Waals surface area contributed by atoms with E-state index in [1.54, 1.807) is 6.07 Å². The molecular formula is C20H14FN3O2S. The molecule has 5 nitrogen and oxygen atoms in total. The highest BCUT2D eigenvalue weighted by Gasteiger charge is 2.14. The summed E-state index contributed by atoms with van der Waals surface area (Å²) in [7, 11) is 0. The summed E-state index contributed by atoms with van der Waals surface area (Å²) in [6, 6.07) is 15.6. The molecule has 1 N–H and O–H groups in total. The number of thiophene rings is 1. The third-order valence-corrected chi connectivity index (χ3v) is 5.05. The van der Waals surface area contributed by atoms with Crippen molar-refractivity contribution in [2.75, 3.05) is 5.32 Å². The molecule has 4 rings (SSSR count). The van der Waals surface area contributed by atoms with Crippen LogP contribution >= 0.6 is 11.3 Å². The first-order valence-corrected chi connectivity index (χ1v) is 9.08. The largest absolute Gasteiger partial charge is 0.322 e. The maximum Gasteiger partial charge on any atom is 0.271 e. The van der Waals surface area contributed by atoms with Crippen LogP contribution < -0.4 is 10.9 Å². The van der Waals surface area contributed by atoms with E-state index in [1.165, 1.54) is 40.4 Å². The lowest BCUT2D eigenvalue weighted by molar-refractivity contribution is -0.116. The van der Waals surface area contributed by atoms with Crippen LogP contribution in [0.25, 0.3) is 21.3 Å². The van der Waals surface area contributed by atoms with E-state index < -0.39 is 11.7 Å². The monoisotopic (exact) mass is 379 g/mol. The second kappa shape index (κ2) is 7.13. The van der Waals surface area contributed by atoms with Gasteiger partial charge in [-0.15, -0.1) is 11.3 Å². The number of aromatic nitrogens is 2. The SMILES string of the molecule is O=C(Cn1cnc2c(-c3ccccc3)csc2c1=O)Nc1ccccc1F. The third kappa shape index (κ3) is 3.37. The Labute approximate surface area is 157 Å². The number of benzene rings is 2. The number of amides is 1. The molecule has 0 unspecified atom stereocenters. The smallest absolute Gasteiger partial charge is 0.271 e. The molecule has 0 radical (unpaired) electrons. The summed E-state index contributed by atoms with van der Waals surface area (Å²) in [4.78, 5) is 29.3. The lowest BCUT2D eigenvalue weighted by atomic mass is 10.1. The molecule has 0 aliphatic carbocycles. The molecule has 0 aliphatic rings. The van der Waals surface area contributed by atoms with Crippen LogP contribution in [0.5, 0.6) is 0 Å². The molecule has 0 atom stereocenters. The zero-order valence-corrected chi connectivity index (χ0v) is 14.9. The van der Waals surface area contributed by atoms with Crippen molar-refractivity contribution in [3.63, 3.8) is 0 Å². The molecule has 0 fully saturated rings. The summed E-state index contributed by atoms with van der Waals surface area (Å²) in [5, 5.41) is 4.35. The van der Waals surface area contributed by atoms with E-state index in [4.69, 9.17) is 0 Å². The number of para-hydroxylation sites is 1. The molecule has 0 bridgehead atoms.